The SMILES string of the molecule is O=S(=O)(O)O.[Li][CH2]CCF. The van der Waals surface area contributed by atoms with E-state index in [1.54, 1.807) is 0 Å². The second kappa shape index (κ2) is 7.50. The Kier molecular flexibility index (Phi) is 9.77. The summed E-state index contributed by atoms with van der Waals surface area (Å²) in [6.45, 7) is -0.156. The van der Waals surface area contributed by atoms with E-state index in [4.69, 9.17) is 17.5 Å². The van der Waals surface area contributed by atoms with Gasteiger partial charge in [-0.2, -0.15) is 8.42 Å². The molecule has 0 saturated heterocycles. The normalized spacial score (nSPS) is 10.1. The third-order valence-electron chi connectivity index (χ3n) is 0.487. The molecule has 0 spiro atoms. The average Bonchev–Trinajstić information content (AvgIpc) is 1.63. The van der Waals surface area contributed by atoms with Crippen molar-refractivity contribution in [3.05, 3.63) is 0 Å². The monoisotopic (exact) mass is 166 g/mol. The molecule has 0 bridgehead atoms. The number of alkyl halides is 1. The van der Waals surface area contributed by atoms with Crippen molar-refractivity contribution in [3.63, 3.8) is 0 Å². The van der Waals surface area contributed by atoms with Gasteiger partial charge in [0.05, 0.1) is 0 Å². The Morgan fingerprint density at radius 3 is 1.70 bits per heavy atom. The minimum absolute atomic E-state index is 0.156. The second-order valence-corrected chi connectivity index (χ2v) is 2.39. The minimum atomic E-state index is -4.67. The molecule has 0 aliphatic heterocycles. The number of rotatable bonds is 2. The summed E-state index contributed by atoms with van der Waals surface area (Å²) in [6, 6.07) is 0. The van der Waals surface area contributed by atoms with Crippen LogP contribution in [-0.4, -0.2) is 41.9 Å². The zero-order valence-corrected chi connectivity index (χ0v) is 6.43. The Balaban J connectivity index is 0. The second-order valence-electron chi connectivity index (χ2n) is 1.49. The summed E-state index contributed by atoms with van der Waals surface area (Å²) < 4.78 is 42.6. The van der Waals surface area contributed by atoms with Crippen LogP contribution in [0, 0.1) is 0 Å². The molecule has 0 aliphatic rings. The summed E-state index contributed by atoms with van der Waals surface area (Å²) in [5, 5.41) is 0.969. The molecule has 0 rings (SSSR count). The maximum atomic E-state index is 11.0. The van der Waals surface area contributed by atoms with Gasteiger partial charge in [0.1, 0.15) is 0 Å². The fraction of sp³-hybridized carbons (Fsp3) is 1.00. The van der Waals surface area contributed by atoms with Gasteiger partial charge in [0.25, 0.3) is 0 Å². The van der Waals surface area contributed by atoms with E-state index in [9.17, 15) is 4.39 Å². The molecule has 0 aromatic carbocycles. The van der Waals surface area contributed by atoms with E-state index in [-0.39, 0.29) is 6.67 Å². The zero-order valence-electron chi connectivity index (χ0n) is 5.62. The zero-order chi connectivity index (χ0) is 8.62. The molecule has 4 nitrogen and oxygen atoms in total. The predicted molar refractivity (Wildman–Crippen MR) is 35.3 cm³/mol. The molecule has 0 aliphatic carbocycles. The summed E-state index contributed by atoms with van der Waals surface area (Å²) in [5.41, 5.74) is 0. The molecule has 0 atom stereocenters. The van der Waals surface area contributed by atoms with E-state index in [1.807, 2.05) is 17.7 Å². The fourth-order valence-electron chi connectivity index (χ4n) is 0.134. The summed E-state index contributed by atoms with van der Waals surface area (Å²) in [5.74, 6) is 0. The van der Waals surface area contributed by atoms with Gasteiger partial charge in [-0.15, -0.1) is 0 Å². The van der Waals surface area contributed by atoms with Crippen molar-refractivity contribution in [2.45, 2.75) is 11.5 Å². The molecule has 0 aromatic rings. The van der Waals surface area contributed by atoms with Gasteiger partial charge in [-0.1, -0.05) is 0 Å². The van der Waals surface area contributed by atoms with Crippen LogP contribution in [0.5, 0.6) is 0 Å². The van der Waals surface area contributed by atoms with Crippen LogP contribution in [-0.2, 0) is 10.4 Å². The maximum absolute atomic E-state index is 11.0. The van der Waals surface area contributed by atoms with Gasteiger partial charge >= 0.3 is 50.7 Å². The molecule has 7 heteroatoms. The van der Waals surface area contributed by atoms with Gasteiger partial charge in [0.15, 0.2) is 0 Å². The quantitative estimate of drug-likeness (QED) is 0.456. The van der Waals surface area contributed by atoms with Crippen LogP contribution in [0.1, 0.15) is 6.42 Å². The molecule has 0 fully saturated rings. The van der Waals surface area contributed by atoms with Gasteiger partial charge in [-0.05, 0) is 0 Å². The van der Waals surface area contributed by atoms with Gasteiger partial charge in [0, 0.05) is 0 Å². The molecule has 0 saturated carbocycles. The van der Waals surface area contributed by atoms with Crippen molar-refractivity contribution >= 4 is 28.1 Å². The Morgan fingerprint density at radius 2 is 1.70 bits per heavy atom. The van der Waals surface area contributed by atoms with E-state index in [2.05, 4.69) is 0 Å². The molecule has 0 amide bonds. The molecule has 0 radical (unpaired) electrons. The van der Waals surface area contributed by atoms with Crippen LogP contribution in [0.15, 0.2) is 0 Å². The van der Waals surface area contributed by atoms with E-state index >= 15 is 0 Å². The van der Waals surface area contributed by atoms with E-state index in [1.165, 1.54) is 0 Å². The first-order chi connectivity index (χ1) is 4.41. The first-order valence-electron chi connectivity index (χ1n) is 2.67. The van der Waals surface area contributed by atoms with Gasteiger partial charge < -0.3 is 0 Å². The molecule has 58 valence electrons. The summed E-state index contributed by atoms with van der Waals surface area (Å²) in [7, 11) is -4.67. The van der Waals surface area contributed by atoms with Crippen LogP contribution >= 0.6 is 0 Å². The van der Waals surface area contributed by atoms with Crippen molar-refractivity contribution < 1.29 is 21.9 Å². The predicted octanol–water partition coefficient (Wildman–Crippen LogP) is 0.280. The van der Waals surface area contributed by atoms with Crippen LogP contribution in [0.4, 0.5) is 4.39 Å². The van der Waals surface area contributed by atoms with Crippen LogP contribution < -0.4 is 0 Å². The van der Waals surface area contributed by atoms with Crippen LogP contribution in [0.2, 0.25) is 5.09 Å². The summed E-state index contributed by atoms with van der Waals surface area (Å²) in [6.07, 6.45) is 0.722. The molecular formula is C3H8FLiO4S. The summed E-state index contributed by atoms with van der Waals surface area (Å²) in [4.78, 5) is 0. The Hall–Kier alpha value is 0.397. The summed E-state index contributed by atoms with van der Waals surface area (Å²) >= 11 is 1.97. The van der Waals surface area contributed by atoms with E-state index in [0.29, 0.717) is 0 Å². The Morgan fingerprint density at radius 1 is 1.40 bits per heavy atom. The van der Waals surface area contributed by atoms with Gasteiger partial charge in [-0.25, -0.2) is 0 Å². The third-order valence-corrected chi connectivity index (χ3v) is 0.487. The standard InChI is InChI=1S/C3H6F.Li.H2O4S/c1-2-3-4;;1-5(2,3)4/h1-3H2;;(H2,1,2,3,4). The Labute approximate surface area is 68.6 Å². The molecule has 0 heterocycles. The third kappa shape index (κ3) is 80.0. The molecule has 0 aromatic heterocycles. The topological polar surface area (TPSA) is 74.6 Å². The van der Waals surface area contributed by atoms with E-state index in [0.717, 1.165) is 11.5 Å². The van der Waals surface area contributed by atoms with Gasteiger partial charge in [0.2, 0.25) is 0 Å². The van der Waals surface area contributed by atoms with Crippen LogP contribution in [0.3, 0.4) is 0 Å². The van der Waals surface area contributed by atoms with Crippen molar-refractivity contribution in [2.75, 3.05) is 6.67 Å². The first-order valence-corrected chi connectivity index (χ1v) is 4.07. The first kappa shape index (κ1) is 13.0. The molecule has 0 unspecified atom stereocenters. The van der Waals surface area contributed by atoms with Crippen molar-refractivity contribution in [1.82, 2.24) is 0 Å². The fourth-order valence-corrected chi connectivity index (χ4v) is 0.134. The average molecular weight is 166 g/mol. The number of hydrogen-bond acceptors (Lipinski definition) is 2. The van der Waals surface area contributed by atoms with Crippen molar-refractivity contribution in [3.8, 4) is 0 Å². The molecule has 10 heavy (non-hydrogen) atoms. The van der Waals surface area contributed by atoms with Crippen LogP contribution in [0.25, 0.3) is 0 Å². The Bertz CT molecular complexity index is 135. The van der Waals surface area contributed by atoms with Crippen molar-refractivity contribution in [2.24, 2.45) is 0 Å². The van der Waals surface area contributed by atoms with Gasteiger partial charge in [-0.3, -0.25) is 9.11 Å². The van der Waals surface area contributed by atoms with Crippen molar-refractivity contribution in [1.29, 1.82) is 0 Å². The number of hydrogen-bond donors (Lipinski definition) is 2. The molecule has 2 N–H and O–H groups in total. The van der Waals surface area contributed by atoms with E-state index < -0.39 is 10.4 Å². The number of halogens is 1. The molecular weight excluding hydrogens is 158 g/mol.